The van der Waals surface area contributed by atoms with Crippen molar-refractivity contribution in [1.82, 2.24) is 9.80 Å². The third-order valence-electron chi connectivity index (χ3n) is 12.9. The van der Waals surface area contributed by atoms with Gasteiger partial charge in [0, 0.05) is 13.1 Å². The fourth-order valence-electron chi connectivity index (χ4n) is 8.64. The normalized spacial score (nSPS) is 12.7. The van der Waals surface area contributed by atoms with Crippen LogP contribution in [-0.4, -0.2) is 75.2 Å². The van der Waals surface area contributed by atoms with Gasteiger partial charge in [0.2, 0.25) is 0 Å². The molecule has 0 bridgehead atoms. The Hall–Kier alpha value is -1.14. The number of hydrogen-bond donors (Lipinski definition) is 0. The lowest BCUT2D eigenvalue weighted by Gasteiger charge is -2.24. The second-order valence-electron chi connectivity index (χ2n) is 19.1. The largest absolute Gasteiger partial charge is 0.465 e. The summed E-state index contributed by atoms with van der Waals surface area (Å²) in [7, 11) is 4.37. The summed E-state index contributed by atoms with van der Waals surface area (Å²) in [5.41, 5.74) is 0. The Morgan fingerprint density at radius 3 is 0.917 bits per heavy atom. The Morgan fingerprint density at radius 1 is 0.333 bits per heavy atom. The zero-order valence-electron chi connectivity index (χ0n) is 41.8. The summed E-state index contributed by atoms with van der Waals surface area (Å²) in [5, 5.41) is 0. The number of rotatable bonds is 49. The molecule has 6 heteroatoms. The maximum atomic E-state index is 12.9. The van der Waals surface area contributed by atoms with Crippen LogP contribution in [0.1, 0.15) is 272 Å². The lowest BCUT2D eigenvalue weighted by molar-refractivity contribution is -0.150. The molecule has 358 valence electrons. The summed E-state index contributed by atoms with van der Waals surface area (Å²) in [6, 6.07) is 0. The van der Waals surface area contributed by atoms with E-state index < -0.39 is 0 Å². The van der Waals surface area contributed by atoms with Crippen LogP contribution in [0.4, 0.5) is 0 Å². The van der Waals surface area contributed by atoms with Gasteiger partial charge in [0.15, 0.2) is 0 Å². The maximum Gasteiger partial charge on any atom is 0.308 e. The molecule has 0 spiro atoms. The van der Waals surface area contributed by atoms with Crippen molar-refractivity contribution in [1.29, 1.82) is 0 Å². The van der Waals surface area contributed by atoms with Crippen LogP contribution >= 0.6 is 0 Å². The van der Waals surface area contributed by atoms with Gasteiger partial charge in [0.25, 0.3) is 0 Å². The molecule has 0 fully saturated rings. The Bertz CT molecular complexity index is 818. The van der Waals surface area contributed by atoms with Crippen LogP contribution in [-0.2, 0) is 19.1 Å². The van der Waals surface area contributed by atoms with Gasteiger partial charge in [-0.15, -0.1) is 0 Å². The van der Waals surface area contributed by atoms with Gasteiger partial charge in [0.1, 0.15) is 0 Å². The number of unbranched alkanes of at least 4 members (excludes halogenated alkanes) is 28. The number of likely N-dealkylation sites (N-methyl/N-ethyl adjacent to an activating group) is 1. The molecule has 0 aromatic rings. The predicted octanol–water partition coefficient (Wildman–Crippen LogP) is 16.1. The number of carbonyl (C=O) groups is 2. The number of esters is 2. The van der Waals surface area contributed by atoms with Crippen molar-refractivity contribution in [3.8, 4) is 0 Å². The van der Waals surface area contributed by atoms with Gasteiger partial charge < -0.3 is 19.3 Å². The Morgan fingerprint density at radius 2 is 0.600 bits per heavy atom. The molecule has 0 aliphatic heterocycles. The SMILES string of the molecule is CCCCCCCCC(CCCCCC)C(=O)OCCCCCCCCCN(CCCCCCCCCOC(=O)C(CCCCCC)CCCCCCCC)CCN(C)C. The highest BCUT2D eigenvalue weighted by Gasteiger charge is 2.20. The second kappa shape index (κ2) is 47.3. The quantitative estimate of drug-likeness (QED) is 0.0449. The van der Waals surface area contributed by atoms with Gasteiger partial charge in [-0.3, -0.25) is 9.59 Å². The molecule has 0 N–H and O–H groups in total. The average molecular weight is 849 g/mol. The second-order valence-corrected chi connectivity index (χ2v) is 19.1. The number of hydrogen-bond acceptors (Lipinski definition) is 6. The summed E-state index contributed by atoms with van der Waals surface area (Å²) in [6.45, 7) is 15.0. The van der Waals surface area contributed by atoms with Crippen molar-refractivity contribution in [2.45, 2.75) is 272 Å². The molecule has 60 heavy (non-hydrogen) atoms. The molecule has 0 aromatic heterocycles. The number of nitrogens with zero attached hydrogens (tertiary/aromatic N) is 2. The molecule has 0 saturated heterocycles. The van der Waals surface area contributed by atoms with Gasteiger partial charge in [-0.25, -0.2) is 0 Å². The summed E-state index contributed by atoms with van der Waals surface area (Å²) < 4.78 is 11.7. The number of carbonyl (C=O) groups excluding carboxylic acids is 2. The zero-order chi connectivity index (χ0) is 44.0. The van der Waals surface area contributed by atoms with Gasteiger partial charge in [-0.05, 0) is 78.6 Å². The van der Waals surface area contributed by atoms with Crippen LogP contribution in [0, 0.1) is 11.8 Å². The Kier molecular flexibility index (Phi) is 46.4. The molecule has 2 atom stereocenters. The smallest absolute Gasteiger partial charge is 0.308 e. The molecular formula is C54H108N2O4. The van der Waals surface area contributed by atoms with E-state index in [4.69, 9.17) is 9.47 Å². The highest BCUT2D eigenvalue weighted by atomic mass is 16.5. The highest BCUT2D eigenvalue weighted by Crippen LogP contribution is 2.22. The van der Waals surface area contributed by atoms with E-state index >= 15 is 0 Å². The minimum absolute atomic E-state index is 0.0836. The number of ether oxygens (including phenoxy) is 2. The van der Waals surface area contributed by atoms with Crippen molar-refractivity contribution < 1.29 is 19.1 Å². The van der Waals surface area contributed by atoms with Crippen LogP contribution < -0.4 is 0 Å². The first-order chi connectivity index (χ1) is 29.4. The molecule has 2 unspecified atom stereocenters. The van der Waals surface area contributed by atoms with E-state index in [1.807, 2.05) is 0 Å². The molecule has 0 rings (SSSR count). The lowest BCUT2D eigenvalue weighted by atomic mass is 9.94. The molecule has 0 saturated carbocycles. The topological polar surface area (TPSA) is 59.1 Å². The van der Waals surface area contributed by atoms with E-state index in [2.05, 4.69) is 51.6 Å². The fourth-order valence-corrected chi connectivity index (χ4v) is 8.64. The molecule has 0 aromatic carbocycles. The first kappa shape index (κ1) is 58.9. The maximum absolute atomic E-state index is 12.9. The van der Waals surface area contributed by atoms with E-state index in [9.17, 15) is 9.59 Å². The molecule has 6 nitrogen and oxygen atoms in total. The van der Waals surface area contributed by atoms with Crippen molar-refractivity contribution >= 4 is 11.9 Å². The van der Waals surface area contributed by atoms with E-state index in [0.29, 0.717) is 13.2 Å². The molecule has 0 aliphatic rings. The third-order valence-corrected chi connectivity index (χ3v) is 12.9. The first-order valence-corrected chi connectivity index (χ1v) is 27.1. The monoisotopic (exact) mass is 849 g/mol. The minimum Gasteiger partial charge on any atom is -0.465 e. The van der Waals surface area contributed by atoms with Crippen LogP contribution in [0.2, 0.25) is 0 Å². The zero-order valence-corrected chi connectivity index (χ0v) is 41.8. The minimum atomic E-state index is 0.0836. The van der Waals surface area contributed by atoms with Gasteiger partial charge in [-0.2, -0.15) is 0 Å². The van der Waals surface area contributed by atoms with E-state index in [0.717, 1.165) is 45.1 Å². The summed E-state index contributed by atoms with van der Waals surface area (Å²) >= 11 is 0. The molecular weight excluding hydrogens is 741 g/mol. The molecule has 0 aliphatic carbocycles. The van der Waals surface area contributed by atoms with E-state index in [1.54, 1.807) is 0 Å². The standard InChI is InChI=1S/C54H108N2O4/c1-7-11-15-19-27-35-43-51(41-33-17-13-9-3)53(57)59-49-39-31-25-21-23-29-37-45-56(48-47-55(5)6)46-38-30-24-22-26-32-40-50-60-54(58)52(42-34-18-14-10-4)44-36-28-20-16-12-8-2/h51-52H,7-50H2,1-6H3. The Balaban J connectivity index is 4.14. The van der Waals surface area contributed by atoms with Gasteiger partial charge in [0.05, 0.1) is 25.0 Å². The van der Waals surface area contributed by atoms with Crippen molar-refractivity contribution in [2.75, 3.05) is 53.5 Å². The summed E-state index contributed by atoms with van der Waals surface area (Å²) in [6.07, 6.45) is 46.7. The van der Waals surface area contributed by atoms with Crippen molar-refractivity contribution in [2.24, 2.45) is 11.8 Å². The third kappa shape index (κ3) is 40.9. The molecule has 0 amide bonds. The van der Waals surface area contributed by atoms with Crippen LogP contribution in [0.3, 0.4) is 0 Å². The molecule has 0 radical (unpaired) electrons. The fraction of sp³-hybridized carbons (Fsp3) is 0.963. The highest BCUT2D eigenvalue weighted by molar-refractivity contribution is 5.72. The van der Waals surface area contributed by atoms with Gasteiger partial charge >= 0.3 is 11.9 Å². The average Bonchev–Trinajstić information content (AvgIpc) is 3.24. The van der Waals surface area contributed by atoms with Gasteiger partial charge in [-0.1, -0.05) is 220 Å². The van der Waals surface area contributed by atoms with Crippen molar-refractivity contribution in [3.05, 3.63) is 0 Å². The Labute approximate surface area is 376 Å². The summed E-state index contributed by atoms with van der Waals surface area (Å²) in [4.78, 5) is 30.9. The van der Waals surface area contributed by atoms with Crippen LogP contribution in [0.15, 0.2) is 0 Å². The molecule has 0 heterocycles. The lowest BCUT2D eigenvalue weighted by Crippen LogP contribution is -2.33. The van der Waals surface area contributed by atoms with Crippen LogP contribution in [0.25, 0.3) is 0 Å². The van der Waals surface area contributed by atoms with E-state index in [-0.39, 0.29) is 23.8 Å². The van der Waals surface area contributed by atoms with Crippen LogP contribution in [0.5, 0.6) is 0 Å². The van der Waals surface area contributed by atoms with E-state index in [1.165, 1.54) is 225 Å². The first-order valence-electron chi connectivity index (χ1n) is 27.1. The van der Waals surface area contributed by atoms with Crippen molar-refractivity contribution in [3.63, 3.8) is 0 Å². The summed E-state index contributed by atoms with van der Waals surface area (Å²) in [5.74, 6) is 0.405. The predicted molar refractivity (Wildman–Crippen MR) is 262 cm³/mol.